The van der Waals surface area contributed by atoms with Gasteiger partial charge in [-0.1, -0.05) is 0 Å². The van der Waals surface area contributed by atoms with Crippen molar-refractivity contribution in [2.75, 3.05) is 6.54 Å². The Morgan fingerprint density at radius 3 is 2.42 bits per heavy atom. The van der Waals surface area contributed by atoms with Crippen LogP contribution in [-0.2, 0) is 12.6 Å². The fraction of sp³-hybridized carbons (Fsp3) is 0.273. The number of hydrogen-bond acceptors (Lipinski definition) is 3. The highest BCUT2D eigenvalue weighted by molar-refractivity contribution is 5.36. The molecule has 0 atom stereocenters. The Labute approximate surface area is 105 Å². The molecule has 0 saturated heterocycles. The molecular weight excluding hydrogens is 261 g/mol. The number of aromatic amines is 1. The van der Waals surface area contributed by atoms with Crippen LogP contribution in [0.5, 0.6) is 0 Å². The molecule has 0 amide bonds. The zero-order chi connectivity index (χ0) is 14.0. The van der Waals surface area contributed by atoms with Gasteiger partial charge in [-0.15, -0.1) is 0 Å². The Balaban J connectivity index is 2.43. The fourth-order valence-corrected chi connectivity index (χ4v) is 1.69. The van der Waals surface area contributed by atoms with Gasteiger partial charge < -0.3 is 5.73 Å². The number of nitrogens with two attached hydrogens (primary N) is 1. The predicted molar refractivity (Wildman–Crippen MR) is 61.9 cm³/mol. The monoisotopic (exact) mass is 272 g/mol. The number of H-pyrrole nitrogens is 1. The summed E-state index contributed by atoms with van der Waals surface area (Å²) >= 11 is 0. The Hall–Kier alpha value is -2.09. The van der Waals surface area contributed by atoms with E-state index in [0.717, 1.165) is 12.1 Å². The lowest BCUT2D eigenvalue weighted by atomic mass is 10.2. The highest BCUT2D eigenvalue weighted by atomic mass is 19.4. The first-order valence-electron chi connectivity index (χ1n) is 5.47. The molecule has 0 bridgehead atoms. The summed E-state index contributed by atoms with van der Waals surface area (Å²) in [7, 11) is 0. The molecule has 2 rings (SSSR count). The lowest BCUT2D eigenvalue weighted by Gasteiger charge is -2.08. The third kappa shape index (κ3) is 2.68. The van der Waals surface area contributed by atoms with E-state index in [1.807, 2.05) is 0 Å². The van der Waals surface area contributed by atoms with Crippen molar-refractivity contribution in [1.29, 1.82) is 0 Å². The molecule has 102 valence electrons. The first-order valence-corrected chi connectivity index (χ1v) is 5.47. The molecule has 1 aromatic carbocycles. The summed E-state index contributed by atoms with van der Waals surface area (Å²) in [6.45, 7) is 0.283. The maximum Gasteiger partial charge on any atom is 0.416 e. The van der Waals surface area contributed by atoms with Crippen LogP contribution in [0.2, 0.25) is 0 Å². The minimum absolute atomic E-state index is 0.283. The standard InChI is InChI=1S/C11H11F3N4O/c12-11(13,14)7-1-3-8(4-2-7)18-9(5-6-15)16-17-10(18)19/h1-4H,5-6,15H2,(H,17,19). The maximum absolute atomic E-state index is 12.4. The Bertz CT molecular complexity index is 612. The molecule has 3 N–H and O–H groups in total. The second-order valence-electron chi connectivity index (χ2n) is 3.86. The molecule has 1 aromatic heterocycles. The minimum Gasteiger partial charge on any atom is -0.330 e. The van der Waals surface area contributed by atoms with Gasteiger partial charge in [-0.2, -0.15) is 18.3 Å². The summed E-state index contributed by atoms with van der Waals surface area (Å²) < 4.78 is 38.5. The molecule has 1 heterocycles. The molecule has 0 radical (unpaired) electrons. The first-order chi connectivity index (χ1) is 8.93. The Morgan fingerprint density at radius 1 is 1.26 bits per heavy atom. The minimum atomic E-state index is -4.40. The van der Waals surface area contributed by atoms with Crippen molar-refractivity contribution < 1.29 is 13.2 Å². The molecule has 0 aliphatic heterocycles. The second-order valence-corrected chi connectivity index (χ2v) is 3.86. The Kier molecular flexibility index (Phi) is 3.43. The van der Waals surface area contributed by atoms with Gasteiger partial charge in [0.2, 0.25) is 0 Å². The third-order valence-electron chi connectivity index (χ3n) is 2.56. The quantitative estimate of drug-likeness (QED) is 0.877. The molecule has 0 aliphatic rings. The third-order valence-corrected chi connectivity index (χ3v) is 2.56. The van der Waals surface area contributed by atoms with Crippen LogP contribution in [0.25, 0.3) is 5.69 Å². The fourth-order valence-electron chi connectivity index (χ4n) is 1.69. The van der Waals surface area contributed by atoms with Gasteiger partial charge >= 0.3 is 11.9 Å². The lowest BCUT2D eigenvalue weighted by Crippen LogP contribution is -2.18. The number of benzene rings is 1. The molecule has 2 aromatic rings. The highest BCUT2D eigenvalue weighted by Crippen LogP contribution is 2.29. The van der Waals surface area contributed by atoms with E-state index in [0.29, 0.717) is 17.9 Å². The number of halogens is 3. The van der Waals surface area contributed by atoms with Crippen molar-refractivity contribution in [2.45, 2.75) is 12.6 Å². The van der Waals surface area contributed by atoms with Crippen LogP contribution in [0, 0.1) is 0 Å². The van der Waals surface area contributed by atoms with Crippen LogP contribution in [0.15, 0.2) is 29.1 Å². The summed E-state index contributed by atoms with van der Waals surface area (Å²) in [6.07, 6.45) is -4.06. The number of hydrogen-bond donors (Lipinski definition) is 2. The molecule has 0 aliphatic carbocycles. The van der Waals surface area contributed by atoms with Crippen molar-refractivity contribution in [3.05, 3.63) is 46.1 Å². The molecule has 8 heteroatoms. The number of rotatable bonds is 3. The van der Waals surface area contributed by atoms with E-state index >= 15 is 0 Å². The number of nitrogens with zero attached hydrogens (tertiary/aromatic N) is 2. The molecule has 0 fully saturated rings. The molecule has 0 saturated carbocycles. The van der Waals surface area contributed by atoms with E-state index in [1.165, 1.54) is 16.7 Å². The highest BCUT2D eigenvalue weighted by Gasteiger charge is 2.30. The van der Waals surface area contributed by atoms with Crippen LogP contribution in [-0.4, -0.2) is 21.3 Å². The largest absolute Gasteiger partial charge is 0.416 e. The zero-order valence-electron chi connectivity index (χ0n) is 9.74. The van der Waals surface area contributed by atoms with Crippen LogP contribution in [0.3, 0.4) is 0 Å². The molecule has 0 spiro atoms. The summed E-state index contributed by atoms with van der Waals surface area (Å²) in [5, 5.41) is 6.02. The Morgan fingerprint density at radius 2 is 1.89 bits per heavy atom. The van der Waals surface area contributed by atoms with Crippen molar-refractivity contribution >= 4 is 0 Å². The normalized spacial score (nSPS) is 11.8. The van der Waals surface area contributed by atoms with E-state index in [4.69, 9.17) is 5.73 Å². The van der Waals surface area contributed by atoms with Crippen LogP contribution in [0.1, 0.15) is 11.4 Å². The first kappa shape index (κ1) is 13.3. The smallest absolute Gasteiger partial charge is 0.330 e. The van der Waals surface area contributed by atoms with Crippen molar-refractivity contribution in [2.24, 2.45) is 5.73 Å². The van der Waals surface area contributed by atoms with Crippen molar-refractivity contribution in [3.8, 4) is 5.69 Å². The van der Waals surface area contributed by atoms with Gasteiger partial charge in [0, 0.05) is 6.42 Å². The summed E-state index contributed by atoms with van der Waals surface area (Å²) in [5.41, 5.74) is 4.41. The maximum atomic E-state index is 12.4. The summed E-state index contributed by atoms with van der Waals surface area (Å²) in [4.78, 5) is 11.6. The summed E-state index contributed by atoms with van der Waals surface area (Å²) in [6, 6.07) is 4.28. The SMILES string of the molecule is NCCc1n[nH]c(=O)n1-c1ccc(C(F)(F)F)cc1. The topological polar surface area (TPSA) is 76.7 Å². The van der Waals surface area contributed by atoms with E-state index in [1.54, 1.807) is 0 Å². The van der Waals surface area contributed by atoms with Crippen molar-refractivity contribution in [1.82, 2.24) is 14.8 Å². The van der Waals surface area contributed by atoms with Crippen LogP contribution >= 0.6 is 0 Å². The van der Waals surface area contributed by atoms with Gasteiger partial charge in [-0.3, -0.25) is 0 Å². The number of aromatic nitrogens is 3. The molecule has 19 heavy (non-hydrogen) atoms. The van der Waals surface area contributed by atoms with Gasteiger partial charge in [0.25, 0.3) is 0 Å². The van der Waals surface area contributed by atoms with Gasteiger partial charge in [0.1, 0.15) is 5.82 Å². The van der Waals surface area contributed by atoms with Gasteiger partial charge in [-0.05, 0) is 30.8 Å². The van der Waals surface area contributed by atoms with E-state index < -0.39 is 17.4 Å². The van der Waals surface area contributed by atoms with Gasteiger partial charge in [0.15, 0.2) is 0 Å². The van der Waals surface area contributed by atoms with E-state index in [9.17, 15) is 18.0 Å². The second kappa shape index (κ2) is 4.88. The van der Waals surface area contributed by atoms with Crippen molar-refractivity contribution in [3.63, 3.8) is 0 Å². The van der Waals surface area contributed by atoms with E-state index in [-0.39, 0.29) is 6.54 Å². The average Bonchev–Trinajstić information content (AvgIpc) is 2.70. The van der Waals surface area contributed by atoms with Gasteiger partial charge in [-0.25, -0.2) is 14.5 Å². The zero-order valence-corrected chi connectivity index (χ0v) is 9.74. The average molecular weight is 272 g/mol. The summed E-state index contributed by atoms with van der Waals surface area (Å²) in [5.74, 6) is 0.382. The molecular formula is C11H11F3N4O. The number of nitrogens with one attached hydrogen (secondary N) is 1. The number of alkyl halides is 3. The lowest BCUT2D eigenvalue weighted by molar-refractivity contribution is -0.137. The molecule has 5 nitrogen and oxygen atoms in total. The predicted octanol–water partition coefficient (Wildman–Crippen LogP) is 1.08. The van der Waals surface area contributed by atoms with Crippen LogP contribution in [0.4, 0.5) is 13.2 Å². The van der Waals surface area contributed by atoms with Gasteiger partial charge in [0.05, 0.1) is 11.3 Å². The van der Waals surface area contributed by atoms with E-state index in [2.05, 4.69) is 10.2 Å². The van der Waals surface area contributed by atoms with Crippen LogP contribution < -0.4 is 11.4 Å². The molecule has 0 unspecified atom stereocenters.